The molecular weight excluding hydrogens is 347 g/mol. The van der Waals surface area contributed by atoms with E-state index in [1.807, 2.05) is 12.1 Å². The van der Waals surface area contributed by atoms with Crippen LogP contribution in [0.2, 0.25) is 0 Å². The lowest BCUT2D eigenvalue weighted by atomic mass is 9.72. The second-order valence-electron chi connectivity index (χ2n) is 6.11. The first-order valence-corrected chi connectivity index (χ1v) is 7.89. The molecule has 2 aliphatic rings. The molecule has 1 heterocycles. The first-order valence-electron chi connectivity index (χ1n) is 7.10. The lowest BCUT2D eigenvalue weighted by Crippen LogP contribution is -2.48. The molecule has 1 saturated carbocycles. The zero-order valence-corrected chi connectivity index (χ0v) is 13.0. The van der Waals surface area contributed by atoms with Crippen LogP contribution in [-0.2, 0) is 0 Å². The molecule has 1 spiro atoms. The maximum atomic E-state index is 13.0. The van der Waals surface area contributed by atoms with Crippen molar-refractivity contribution in [2.45, 2.75) is 49.9 Å². The molecule has 2 N–H and O–H groups in total. The van der Waals surface area contributed by atoms with Crippen LogP contribution in [0, 0.1) is 5.92 Å². The third kappa shape index (κ3) is 2.93. The van der Waals surface area contributed by atoms with Gasteiger partial charge in [0.15, 0.2) is 0 Å². The van der Waals surface area contributed by atoms with Crippen molar-refractivity contribution in [1.82, 2.24) is 0 Å². The summed E-state index contributed by atoms with van der Waals surface area (Å²) in [6.07, 6.45) is -2.34. The summed E-state index contributed by atoms with van der Waals surface area (Å²) in [5.74, 6) is -0.668. The number of fused-ring (bicyclic) bond motifs is 1. The van der Waals surface area contributed by atoms with Gasteiger partial charge in [-0.3, -0.25) is 0 Å². The van der Waals surface area contributed by atoms with Gasteiger partial charge in [-0.2, -0.15) is 13.2 Å². The fourth-order valence-electron chi connectivity index (χ4n) is 3.57. The van der Waals surface area contributed by atoms with E-state index in [1.165, 1.54) is 0 Å². The van der Waals surface area contributed by atoms with Crippen LogP contribution in [0.5, 0.6) is 5.75 Å². The third-order valence-electron chi connectivity index (χ3n) is 4.56. The number of halogens is 4. The van der Waals surface area contributed by atoms with E-state index >= 15 is 0 Å². The molecule has 0 amide bonds. The Hall–Kier alpha value is -0.750. The summed E-state index contributed by atoms with van der Waals surface area (Å²) in [5.41, 5.74) is 6.28. The number of hydrogen-bond donors (Lipinski definition) is 1. The van der Waals surface area contributed by atoms with Gasteiger partial charge in [-0.15, -0.1) is 0 Å². The molecule has 1 aromatic rings. The van der Waals surface area contributed by atoms with Crippen molar-refractivity contribution in [3.63, 3.8) is 0 Å². The summed E-state index contributed by atoms with van der Waals surface area (Å²) in [6, 6.07) is 5.28. The van der Waals surface area contributed by atoms with E-state index in [0.29, 0.717) is 25.0 Å². The van der Waals surface area contributed by atoms with Crippen LogP contribution in [0.3, 0.4) is 0 Å². The zero-order valence-electron chi connectivity index (χ0n) is 11.4. The van der Waals surface area contributed by atoms with Crippen molar-refractivity contribution in [1.29, 1.82) is 0 Å². The minimum atomic E-state index is -4.15. The van der Waals surface area contributed by atoms with E-state index in [2.05, 4.69) is 15.9 Å². The molecule has 1 aliphatic carbocycles. The minimum absolute atomic E-state index is 0.0101. The molecule has 116 valence electrons. The molecule has 1 fully saturated rings. The Balaban J connectivity index is 1.90. The summed E-state index contributed by atoms with van der Waals surface area (Å²) in [7, 11) is 0. The molecule has 2 nitrogen and oxygen atoms in total. The lowest BCUT2D eigenvalue weighted by Gasteiger charge is -2.46. The average molecular weight is 364 g/mol. The van der Waals surface area contributed by atoms with Gasteiger partial charge < -0.3 is 10.5 Å². The second kappa shape index (κ2) is 5.16. The SMILES string of the molecule is N[C@H]1CC2(CCCC(C(F)(F)F)C2)Oc2cc(Br)ccc21. The van der Waals surface area contributed by atoms with Crippen LogP contribution >= 0.6 is 15.9 Å². The molecule has 1 aromatic carbocycles. The highest BCUT2D eigenvalue weighted by molar-refractivity contribution is 9.10. The number of nitrogens with two attached hydrogens (primary N) is 1. The Labute approximate surface area is 130 Å². The predicted molar refractivity (Wildman–Crippen MR) is 77.1 cm³/mol. The number of rotatable bonds is 0. The molecule has 21 heavy (non-hydrogen) atoms. The van der Waals surface area contributed by atoms with Crippen molar-refractivity contribution in [3.8, 4) is 5.75 Å². The van der Waals surface area contributed by atoms with Gasteiger partial charge in [-0.05, 0) is 37.8 Å². The van der Waals surface area contributed by atoms with Crippen LogP contribution in [0.15, 0.2) is 22.7 Å². The van der Waals surface area contributed by atoms with Crippen molar-refractivity contribution in [2.75, 3.05) is 0 Å². The normalized spacial score (nSPS) is 32.6. The van der Waals surface area contributed by atoms with Crippen molar-refractivity contribution in [3.05, 3.63) is 28.2 Å². The third-order valence-corrected chi connectivity index (χ3v) is 5.05. The van der Waals surface area contributed by atoms with E-state index in [1.54, 1.807) is 6.07 Å². The Morgan fingerprint density at radius 1 is 1.29 bits per heavy atom. The van der Waals surface area contributed by atoms with E-state index in [-0.39, 0.29) is 18.9 Å². The van der Waals surface area contributed by atoms with Gasteiger partial charge in [-0.1, -0.05) is 22.0 Å². The smallest absolute Gasteiger partial charge is 0.391 e. The summed E-state index contributed by atoms with van der Waals surface area (Å²) in [6.45, 7) is 0. The molecule has 0 saturated heterocycles. The first kappa shape index (κ1) is 15.2. The second-order valence-corrected chi connectivity index (χ2v) is 7.03. The highest BCUT2D eigenvalue weighted by atomic mass is 79.9. The summed E-state index contributed by atoms with van der Waals surface area (Å²) in [4.78, 5) is 0. The fourth-order valence-corrected chi connectivity index (χ4v) is 3.91. The molecule has 0 aromatic heterocycles. The molecule has 0 radical (unpaired) electrons. The van der Waals surface area contributed by atoms with E-state index in [9.17, 15) is 13.2 Å². The zero-order chi connectivity index (χ0) is 15.3. The standard InChI is InChI=1S/C15H17BrF3NO/c16-10-3-4-11-12(20)8-14(21-13(11)6-10)5-1-2-9(7-14)15(17,18)19/h3-4,6,9,12H,1-2,5,7-8,20H2/t9?,12-,14?/m0/s1. The van der Waals surface area contributed by atoms with Gasteiger partial charge in [0.2, 0.25) is 0 Å². The number of ether oxygens (including phenoxy) is 1. The molecule has 2 unspecified atom stereocenters. The average Bonchev–Trinajstić information content (AvgIpc) is 2.36. The molecule has 0 bridgehead atoms. The topological polar surface area (TPSA) is 35.2 Å². The number of alkyl halides is 3. The van der Waals surface area contributed by atoms with Gasteiger partial charge in [0.05, 0.1) is 5.92 Å². The maximum Gasteiger partial charge on any atom is 0.391 e. The molecule has 6 heteroatoms. The van der Waals surface area contributed by atoms with Crippen LogP contribution in [0.25, 0.3) is 0 Å². The van der Waals surface area contributed by atoms with E-state index < -0.39 is 17.7 Å². The predicted octanol–water partition coefficient (Wildman–Crippen LogP) is 4.72. The van der Waals surface area contributed by atoms with Crippen LogP contribution in [-0.4, -0.2) is 11.8 Å². The van der Waals surface area contributed by atoms with Crippen molar-refractivity contribution in [2.24, 2.45) is 11.7 Å². The van der Waals surface area contributed by atoms with Crippen molar-refractivity contribution < 1.29 is 17.9 Å². The van der Waals surface area contributed by atoms with Gasteiger partial charge in [0.25, 0.3) is 0 Å². The van der Waals surface area contributed by atoms with E-state index in [4.69, 9.17) is 10.5 Å². The Morgan fingerprint density at radius 3 is 2.76 bits per heavy atom. The number of benzene rings is 1. The Bertz CT molecular complexity index is 548. The Kier molecular flexibility index (Phi) is 3.72. The largest absolute Gasteiger partial charge is 0.487 e. The molecule has 1 aliphatic heterocycles. The Morgan fingerprint density at radius 2 is 2.05 bits per heavy atom. The fraction of sp³-hybridized carbons (Fsp3) is 0.600. The molecule has 3 rings (SSSR count). The molecular formula is C15H17BrF3NO. The highest BCUT2D eigenvalue weighted by Gasteiger charge is 2.50. The van der Waals surface area contributed by atoms with Crippen LogP contribution in [0.1, 0.15) is 43.7 Å². The summed E-state index contributed by atoms with van der Waals surface area (Å²) in [5, 5.41) is 0. The monoisotopic (exact) mass is 363 g/mol. The van der Waals surface area contributed by atoms with E-state index in [0.717, 1.165) is 10.0 Å². The summed E-state index contributed by atoms with van der Waals surface area (Å²) < 4.78 is 46.0. The maximum absolute atomic E-state index is 13.0. The van der Waals surface area contributed by atoms with Crippen LogP contribution in [0.4, 0.5) is 13.2 Å². The van der Waals surface area contributed by atoms with Gasteiger partial charge in [-0.25, -0.2) is 0 Å². The van der Waals surface area contributed by atoms with Gasteiger partial charge in [0.1, 0.15) is 11.4 Å². The molecule has 3 atom stereocenters. The summed E-state index contributed by atoms with van der Waals surface area (Å²) >= 11 is 3.37. The van der Waals surface area contributed by atoms with Crippen molar-refractivity contribution >= 4 is 15.9 Å². The number of hydrogen-bond acceptors (Lipinski definition) is 2. The first-order chi connectivity index (χ1) is 9.79. The quantitative estimate of drug-likeness (QED) is 0.723. The minimum Gasteiger partial charge on any atom is -0.487 e. The lowest BCUT2D eigenvalue weighted by molar-refractivity contribution is -0.199. The van der Waals surface area contributed by atoms with Gasteiger partial charge >= 0.3 is 6.18 Å². The van der Waals surface area contributed by atoms with Crippen LogP contribution < -0.4 is 10.5 Å². The highest BCUT2D eigenvalue weighted by Crippen LogP contribution is 2.50. The van der Waals surface area contributed by atoms with Gasteiger partial charge in [0, 0.05) is 22.5 Å².